The van der Waals surface area contributed by atoms with Crippen LogP contribution < -0.4 is 9.62 Å². The highest BCUT2D eigenvalue weighted by Crippen LogP contribution is 2.35. The molecule has 0 unspecified atom stereocenters. The summed E-state index contributed by atoms with van der Waals surface area (Å²) in [7, 11) is -5.15. The fourth-order valence-electron chi connectivity index (χ4n) is 3.83. The number of rotatable bonds is 7. The monoisotopic (exact) mass is 568 g/mol. The van der Waals surface area contributed by atoms with Gasteiger partial charge in [-0.15, -0.1) is 15.6 Å². The average molecular weight is 569 g/mol. The van der Waals surface area contributed by atoms with E-state index in [2.05, 4.69) is 15.2 Å². The maximum atomic E-state index is 15.6. The summed E-state index contributed by atoms with van der Waals surface area (Å²) in [5, 5.41) is 3.98. The molecule has 2 heterocycles. The molecule has 1 amide bonds. The van der Waals surface area contributed by atoms with E-state index in [1.807, 2.05) is 0 Å². The van der Waals surface area contributed by atoms with Gasteiger partial charge in [0.25, 0.3) is 10.0 Å². The molecule has 0 aliphatic carbocycles. The molecule has 1 saturated heterocycles. The van der Waals surface area contributed by atoms with Crippen LogP contribution in [0.1, 0.15) is 38.3 Å². The molecule has 1 aromatic heterocycles. The van der Waals surface area contributed by atoms with E-state index in [1.54, 1.807) is 12.1 Å². The Morgan fingerprint density at radius 1 is 1.21 bits per heavy atom. The highest BCUT2D eigenvalue weighted by molar-refractivity contribution is 7.93. The summed E-state index contributed by atoms with van der Waals surface area (Å²) in [5.41, 5.74) is 0.335. The number of nitrogens with one attached hydrogen (secondary N) is 1. The molecule has 1 aliphatic heterocycles. The SMILES string of the molecule is Cc1c(Nc2c(F)cccc2CN2CCC2)cc(F)c(S(=O)(=O)N(C(=O)OC(C)(C)C)c2cscn2)c1F. The van der Waals surface area contributed by atoms with Crippen molar-refractivity contribution in [3.63, 3.8) is 0 Å². The van der Waals surface area contributed by atoms with Crippen LogP contribution in [0.3, 0.4) is 0 Å². The number of halogens is 3. The molecule has 1 N–H and O–H groups in total. The van der Waals surface area contributed by atoms with Crippen LogP contribution in [0.25, 0.3) is 0 Å². The second-order valence-electron chi connectivity index (χ2n) is 9.80. The molecule has 2 aromatic carbocycles. The van der Waals surface area contributed by atoms with Crippen molar-refractivity contribution < 1.29 is 31.1 Å². The van der Waals surface area contributed by atoms with Crippen molar-refractivity contribution in [2.45, 2.75) is 51.2 Å². The zero-order chi connectivity index (χ0) is 27.8. The van der Waals surface area contributed by atoms with Crippen molar-refractivity contribution in [3.8, 4) is 0 Å². The first-order chi connectivity index (χ1) is 17.8. The van der Waals surface area contributed by atoms with Crippen LogP contribution in [0.4, 0.5) is 35.2 Å². The molecule has 0 saturated carbocycles. The number of carbonyl (C=O) groups is 1. The van der Waals surface area contributed by atoms with Crippen LogP contribution >= 0.6 is 11.3 Å². The number of amides is 1. The van der Waals surface area contributed by atoms with Crippen LogP contribution in [0.2, 0.25) is 0 Å². The van der Waals surface area contributed by atoms with E-state index in [1.165, 1.54) is 44.7 Å². The quantitative estimate of drug-likeness (QED) is 0.377. The van der Waals surface area contributed by atoms with Crippen molar-refractivity contribution in [3.05, 3.63) is 63.7 Å². The van der Waals surface area contributed by atoms with Crippen LogP contribution in [-0.4, -0.2) is 43.1 Å². The maximum Gasteiger partial charge on any atom is 0.430 e. The molecule has 1 fully saturated rings. The van der Waals surface area contributed by atoms with Crippen molar-refractivity contribution in [2.75, 3.05) is 22.7 Å². The van der Waals surface area contributed by atoms with E-state index in [-0.39, 0.29) is 27.1 Å². The second-order valence-corrected chi connectivity index (χ2v) is 12.2. The summed E-state index contributed by atoms with van der Waals surface area (Å²) in [5.74, 6) is -3.90. The van der Waals surface area contributed by atoms with Crippen LogP contribution in [0.15, 0.2) is 40.1 Å². The molecule has 1 aliphatic rings. The van der Waals surface area contributed by atoms with Gasteiger partial charge in [0.05, 0.1) is 11.2 Å². The summed E-state index contributed by atoms with van der Waals surface area (Å²) < 4.78 is 78.2. The van der Waals surface area contributed by atoms with Gasteiger partial charge in [-0.05, 0) is 64.9 Å². The third-order valence-electron chi connectivity index (χ3n) is 5.81. The Balaban J connectivity index is 1.76. The lowest BCUT2D eigenvalue weighted by molar-refractivity contribution is 0.0608. The number of hydrogen-bond donors (Lipinski definition) is 1. The number of aromatic nitrogens is 1. The van der Waals surface area contributed by atoms with Crippen LogP contribution in [0.5, 0.6) is 0 Å². The van der Waals surface area contributed by atoms with Gasteiger partial charge in [-0.3, -0.25) is 4.90 Å². The summed E-state index contributed by atoms with van der Waals surface area (Å²) in [4.78, 5) is 17.4. The molecule has 0 bridgehead atoms. The molecule has 0 spiro atoms. The van der Waals surface area contributed by atoms with E-state index in [9.17, 15) is 17.6 Å². The molecule has 0 atom stereocenters. The molecule has 3 aromatic rings. The normalized spacial score (nSPS) is 14.2. The minimum atomic E-state index is -5.15. The zero-order valence-corrected chi connectivity index (χ0v) is 22.9. The Labute approximate surface area is 223 Å². The Morgan fingerprint density at radius 3 is 2.50 bits per heavy atom. The fraction of sp³-hybridized carbons (Fsp3) is 0.360. The zero-order valence-electron chi connectivity index (χ0n) is 21.2. The number of sulfonamides is 1. The smallest absolute Gasteiger partial charge is 0.430 e. The topological polar surface area (TPSA) is 91.8 Å². The Kier molecular flexibility index (Phi) is 7.73. The molecule has 0 radical (unpaired) electrons. The average Bonchev–Trinajstić information content (AvgIpc) is 3.28. The Hall–Kier alpha value is -3.16. The van der Waals surface area contributed by atoms with Crippen molar-refractivity contribution in [1.29, 1.82) is 0 Å². The largest absolute Gasteiger partial charge is 0.443 e. The van der Waals surface area contributed by atoms with Gasteiger partial charge in [0.15, 0.2) is 16.5 Å². The van der Waals surface area contributed by atoms with Crippen LogP contribution in [-0.2, 0) is 21.3 Å². The van der Waals surface area contributed by atoms with Crippen molar-refractivity contribution in [2.24, 2.45) is 0 Å². The Morgan fingerprint density at radius 2 is 1.92 bits per heavy atom. The van der Waals surface area contributed by atoms with Crippen molar-refractivity contribution in [1.82, 2.24) is 9.88 Å². The maximum absolute atomic E-state index is 15.6. The van der Waals surface area contributed by atoms with Gasteiger partial charge in [0.1, 0.15) is 17.2 Å². The fourth-order valence-corrected chi connectivity index (χ4v) is 5.86. The highest BCUT2D eigenvalue weighted by Gasteiger charge is 2.40. The standard InChI is InChI=1S/C25H27F3N4O4S2/c1-15-19(30-22-16(7-5-8-17(22)26)12-31-9-6-10-31)11-18(27)23(21(15)28)38(34,35)32(20-13-37-14-29-20)24(33)36-25(2,3)4/h5,7-8,11,13-14,30H,6,9-10,12H2,1-4H3. The molecule has 4 rings (SSSR count). The first kappa shape index (κ1) is 27.9. The summed E-state index contributed by atoms with van der Waals surface area (Å²) in [6, 6.07) is 5.23. The van der Waals surface area contributed by atoms with E-state index >= 15 is 8.78 Å². The molecule has 13 heteroatoms. The lowest BCUT2D eigenvalue weighted by atomic mass is 10.1. The first-order valence-corrected chi connectivity index (χ1v) is 14.1. The van der Waals surface area contributed by atoms with Crippen LogP contribution in [0, 0.1) is 24.4 Å². The number of thiazole rings is 1. The summed E-state index contributed by atoms with van der Waals surface area (Å²) >= 11 is 0.981. The number of para-hydroxylation sites is 1. The number of likely N-dealkylation sites (tertiary alicyclic amines) is 1. The number of carbonyl (C=O) groups excluding carboxylic acids is 1. The minimum Gasteiger partial charge on any atom is -0.443 e. The van der Waals surface area contributed by atoms with E-state index < -0.39 is 44.1 Å². The van der Waals surface area contributed by atoms with Gasteiger partial charge >= 0.3 is 6.09 Å². The number of benzene rings is 2. The summed E-state index contributed by atoms with van der Waals surface area (Å²) in [6.07, 6.45) is -0.339. The number of anilines is 3. The number of hydrogen-bond acceptors (Lipinski definition) is 8. The van der Waals surface area contributed by atoms with Gasteiger partial charge in [-0.2, -0.15) is 0 Å². The third kappa shape index (κ3) is 5.64. The van der Waals surface area contributed by atoms with Gasteiger partial charge in [0, 0.05) is 23.2 Å². The highest BCUT2D eigenvalue weighted by atomic mass is 32.2. The predicted molar refractivity (Wildman–Crippen MR) is 139 cm³/mol. The minimum absolute atomic E-state index is 0.0368. The van der Waals surface area contributed by atoms with Gasteiger partial charge in [-0.25, -0.2) is 31.4 Å². The molecular formula is C25H27F3N4O4S2. The molecule has 8 nitrogen and oxygen atoms in total. The van der Waals surface area contributed by atoms with E-state index in [0.29, 0.717) is 12.1 Å². The van der Waals surface area contributed by atoms with Crippen molar-refractivity contribution >= 4 is 44.6 Å². The second kappa shape index (κ2) is 10.5. The van der Waals surface area contributed by atoms with Gasteiger partial charge < -0.3 is 10.1 Å². The molecule has 38 heavy (non-hydrogen) atoms. The van der Waals surface area contributed by atoms with Gasteiger partial charge in [-0.1, -0.05) is 12.1 Å². The van der Waals surface area contributed by atoms with E-state index in [0.717, 1.165) is 36.9 Å². The number of nitrogens with zero attached hydrogens (tertiary/aromatic N) is 3. The summed E-state index contributed by atoms with van der Waals surface area (Å²) in [6.45, 7) is 7.93. The Bertz CT molecular complexity index is 1450. The lowest BCUT2D eigenvalue weighted by Gasteiger charge is -2.31. The van der Waals surface area contributed by atoms with Gasteiger partial charge in [0.2, 0.25) is 0 Å². The molecule has 204 valence electrons. The first-order valence-electron chi connectivity index (χ1n) is 11.7. The third-order valence-corrected chi connectivity index (χ3v) is 8.09. The predicted octanol–water partition coefficient (Wildman–Crippen LogP) is 5.95. The lowest BCUT2D eigenvalue weighted by Crippen LogP contribution is -2.42. The number of ether oxygens (including phenoxy) is 1. The molecular weight excluding hydrogens is 541 g/mol. The van der Waals surface area contributed by atoms with E-state index in [4.69, 9.17) is 4.74 Å².